The number of methoxy groups -OCH3 is 1. The van der Waals surface area contributed by atoms with Gasteiger partial charge in [-0.1, -0.05) is 0 Å². The van der Waals surface area contributed by atoms with Gasteiger partial charge in [-0.15, -0.1) is 0 Å². The van der Waals surface area contributed by atoms with Crippen LogP contribution in [-0.2, 0) is 36.7 Å². The highest BCUT2D eigenvalue weighted by molar-refractivity contribution is 7.47. The molecule has 1 aromatic rings. The Bertz CT molecular complexity index is 1020. The number of hydrogen-bond acceptors (Lipinski definition) is 12. The summed E-state index contributed by atoms with van der Waals surface area (Å²) in [5.41, 5.74) is -1.55. The minimum atomic E-state index is -4.73. The van der Waals surface area contributed by atoms with Crippen molar-refractivity contribution in [2.24, 2.45) is 0 Å². The van der Waals surface area contributed by atoms with E-state index in [0.29, 0.717) is 19.3 Å². The second-order valence-corrected chi connectivity index (χ2v) is 10.5. The molecule has 0 aliphatic carbocycles. The molecular formula is C18H32N2O14P2. The summed E-state index contributed by atoms with van der Waals surface area (Å²) >= 11 is 0. The molecule has 208 valence electrons. The van der Waals surface area contributed by atoms with Gasteiger partial charge >= 0.3 is 21.3 Å². The monoisotopic (exact) mass is 562 g/mol. The Morgan fingerprint density at radius 1 is 0.972 bits per heavy atom. The highest BCUT2D eigenvalue weighted by Gasteiger charge is 2.51. The van der Waals surface area contributed by atoms with Gasteiger partial charge < -0.3 is 29.5 Å². The zero-order valence-electron chi connectivity index (χ0n) is 19.5. The lowest BCUT2D eigenvalue weighted by molar-refractivity contribution is -0.0626. The summed E-state index contributed by atoms with van der Waals surface area (Å²) in [5, 5.41) is 17.6. The van der Waals surface area contributed by atoms with Crippen LogP contribution < -0.4 is 11.2 Å². The SMILES string of the molecule is CO[C@@H]1C(OP(=O)(O)OCCCCO)[C@@H](COP(=O)(O)OCCCCO)O[C@H]1n1ccc(=O)[nH]c1=O. The smallest absolute Gasteiger partial charge is 0.396 e. The van der Waals surface area contributed by atoms with Crippen molar-refractivity contribution in [3.05, 3.63) is 33.1 Å². The van der Waals surface area contributed by atoms with Crippen LogP contribution in [0, 0.1) is 0 Å². The molecule has 6 atom stereocenters. The van der Waals surface area contributed by atoms with Gasteiger partial charge in [-0.3, -0.25) is 32.4 Å². The summed E-state index contributed by atoms with van der Waals surface area (Å²) in [7, 11) is -8.10. The molecule has 0 saturated carbocycles. The van der Waals surface area contributed by atoms with Crippen LogP contribution in [0.3, 0.4) is 0 Å². The van der Waals surface area contributed by atoms with E-state index in [2.05, 4.69) is 0 Å². The molecule has 0 bridgehead atoms. The van der Waals surface area contributed by atoms with Crippen molar-refractivity contribution in [2.45, 2.75) is 50.2 Å². The van der Waals surface area contributed by atoms with Crippen LogP contribution in [-0.4, -0.2) is 88.0 Å². The van der Waals surface area contributed by atoms with Gasteiger partial charge in [0.15, 0.2) is 6.23 Å². The largest absolute Gasteiger partial charge is 0.472 e. The number of aliphatic hydroxyl groups is 2. The first-order valence-corrected chi connectivity index (χ1v) is 14.0. The highest BCUT2D eigenvalue weighted by atomic mass is 31.2. The number of hydrogen-bond donors (Lipinski definition) is 5. The van der Waals surface area contributed by atoms with Crippen molar-refractivity contribution in [1.82, 2.24) is 9.55 Å². The fourth-order valence-electron chi connectivity index (χ4n) is 3.25. The van der Waals surface area contributed by atoms with Crippen LogP contribution in [0.4, 0.5) is 0 Å². The van der Waals surface area contributed by atoms with Gasteiger partial charge in [0.25, 0.3) is 5.56 Å². The lowest BCUT2D eigenvalue weighted by Gasteiger charge is -2.25. The number of aromatic nitrogens is 2. The summed E-state index contributed by atoms with van der Waals surface area (Å²) in [4.78, 5) is 45.9. The minimum absolute atomic E-state index is 0.123. The predicted molar refractivity (Wildman–Crippen MR) is 121 cm³/mol. The standard InChI is InChI=1S/C18H32N2O14P2/c1-29-16-15(34-36(27,28)31-11-5-3-9-22)13(12-32-35(25,26)30-10-4-2-8-21)33-17(16)20-7-6-14(23)19-18(20)24/h6-7,13,15-17,21-22H,2-5,8-12H2,1H3,(H,25,26)(H,27,28)(H,19,23,24)/t13-,15?,16-,17-/m1/s1. The van der Waals surface area contributed by atoms with Crippen LogP contribution in [0.25, 0.3) is 0 Å². The summed E-state index contributed by atoms with van der Waals surface area (Å²) < 4.78 is 56.7. The van der Waals surface area contributed by atoms with Gasteiger partial charge in [-0.25, -0.2) is 13.9 Å². The van der Waals surface area contributed by atoms with Crippen LogP contribution in [0.1, 0.15) is 31.9 Å². The quantitative estimate of drug-likeness (QED) is 0.121. The normalized spacial score (nSPS) is 25.5. The second-order valence-electron chi connectivity index (χ2n) is 7.61. The van der Waals surface area contributed by atoms with E-state index in [1.807, 2.05) is 4.98 Å². The van der Waals surface area contributed by atoms with Crippen molar-refractivity contribution >= 4 is 15.6 Å². The second kappa shape index (κ2) is 14.6. The third-order valence-electron chi connectivity index (χ3n) is 4.95. The summed E-state index contributed by atoms with van der Waals surface area (Å²) in [5.74, 6) is 0. The number of phosphoric acid groups is 2. The van der Waals surface area contributed by atoms with Crippen LogP contribution in [0.15, 0.2) is 21.9 Å². The number of aromatic amines is 1. The maximum absolute atomic E-state index is 12.5. The number of rotatable bonds is 17. The lowest BCUT2D eigenvalue weighted by Crippen LogP contribution is -2.40. The van der Waals surface area contributed by atoms with Crippen LogP contribution in [0.2, 0.25) is 0 Å². The van der Waals surface area contributed by atoms with E-state index in [-0.39, 0.29) is 32.8 Å². The lowest BCUT2D eigenvalue weighted by atomic mass is 10.1. The molecule has 1 fully saturated rings. The molecule has 0 spiro atoms. The van der Waals surface area contributed by atoms with Gasteiger partial charge in [0.1, 0.15) is 18.3 Å². The fraction of sp³-hybridized carbons (Fsp3) is 0.778. The van der Waals surface area contributed by atoms with E-state index < -0.39 is 58.0 Å². The molecule has 36 heavy (non-hydrogen) atoms. The molecule has 1 aromatic heterocycles. The molecule has 1 aliphatic heterocycles. The first-order valence-electron chi connectivity index (χ1n) is 11.0. The number of H-pyrrole nitrogens is 1. The maximum atomic E-state index is 12.5. The predicted octanol–water partition coefficient (Wildman–Crippen LogP) is -0.370. The minimum Gasteiger partial charge on any atom is -0.396 e. The molecule has 3 unspecified atom stereocenters. The number of nitrogens with one attached hydrogen (secondary N) is 1. The average molecular weight is 562 g/mol. The van der Waals surface area contributed by atoms with Gasteiger partial charge in [0.2, 0.25) is 0 Å². The van der Waals surface area contributed by atoms with E-state index in [4.69, 9.17) is 37.8 Å². The molecule has 1 aliphatic rings. The van der Waals surface area contributed by atoms with Crippen molar-refractivity contribution in [2.75, 3.05) is 40.1 Å². The molecule has 0 aromatic carbocycles. The van der Waals surface area contributed by atoms with Crippen LogP contribution in [0.5, 0.6) is 0 Å². The maximum Gasteiger partial charge on any atom is 0.472 e. The first-order chi connectivity index (χ1) is 17.0. The Morgan fingerprint density at radius 3 is 2.14 bits per heavy atom. The van der Waals surface area contributed by atoms with Gasteiger partial charge in [0.05, 0.1) is 19.8 Å². The van der Waals surface area contributed by atoms with Crippen molar-refractivity contribution in [3.8, 4) is 0 Å². The molecule has 18 heteroatoms. The number of ether oxygens (including phenoxy) is 2. The Morgan fingerprint density at radius 2 is 1.58 bits per heavy atom. The average Bonchev–Trinajstić information content (AvgIpc) is 3.14. The topological polar surface area (TPSA) is 225 Å². The van der Waals surface area contributed by atoms with Gasteiger partial charge in [0, 0.05) is 32.6 Å². The zero-order valence-corrected chi connectivity index (χ0v) is 21.3. The molecule has 2 heterocycles. The van der Waals surface area contributed by atoms with E-state index >= 15 is 0 Å². The molecule has 2 rings (SSSR count). The Hall–Kier alpha value is -1.26. The Balaban J connectivity index is 2.22. The van der Waals surface area contributed by atoms with Crippen molar-refractivity contribution in [3.63, 3.8) is 0 Å². The number of unbranched alkanes of at least 4 members (excludes halogenated alkanes) is 2. The molecule has 5 N–H and O–H groups in total. The summed E-state index contributed by atoms with van der Waals surface area (Å²) in [6.45, 7) is -1.33. The Kier molecular flexibility index (Phi) is 12.6. The summed E-state index contributed by atoms with van der Waals surface area (Å²) in [6.07, 6.45) is -2.96. The van der Waals surface area contributed by atoms with E-state index in [1.54, 1.807) is 0 Å². The van der Waals surface area contributed by atoms with Crippen molar-refractivity contribution < 1.29 is 56.7 Å². The molecular weight excluding hydrogens is 530 g/mol. The molecule has 0 radical (unpaired) electrons. The third kappa shape index (κ3) is 9.56. The zero-order chi connectivity index (χ0) is 26.8. The highest BCUT2D eigenvalue weighted by Crippen LogP contribution is 2.50. The molecule has 0 amide bonds. The van der Waals surface area contributed by atoms with Crippen molar-refractivity contribution in [1.29, 1.82) is 0 Å². The van der Waals surface area contributed by atoms with E-state index in [0.717, 1.165) is 16.8 Å². The fourth-order valence-corrected chi connectivity index (χ4v) is 5.00. The molecule has 16 nitrogen and oxygen atoms in total. The summed E-state index contributed by atoms with van der Waals surface area (Å²) in [6, 6.07) is 1.04. The number of phosphoric ester groups is 2. The van der Waals surface area contributed by atoms with Crippen LogP contribution >= 0.6 is 15.6 Å². The van der Waals surface area contributed by atoms with E-state index in [9.17, 15) is 28.5 Å². The molecule has 1 saturated heterocycles. The first kappa shape index (κ1) is 31.0. The number of aliphatic hydroxyl groups excluding tert-OH is 2. The Labute approximate surface area is 205 Å². The number of nitrogens with zero attached hydrogens (tertiary/aromatic N) is 1. The van der Waals surface area contributed by atoms with E-state index in [1.165, 1.54) is 7.11 Å². The van der Waals surface area contributed by atoms with Gasteiger partial charge in [-0.2, -0.15) is 0 Å². The van der Waals surface area contributed by atoms with Gasteiger partial charge in [-0.05, 0) is 25.7 Å². The third-order valence-corrected chi connectivity index (χ3v) is 6.96.